The summed E-state index contributed by atoms with van der Waals surface area (Å²) in [5.74, 6) is 0.835. The first-order chi connectivity index (χ1) is 9.94. The number of unbranched alkanes of at least 4 members (excludes halogenated alkanes) is 1. The van der Waals surface area contributed by atoms with E-state index in [2.05, 4.69) is 33.0 Å². The van der Waals surface area contributed by atoms with E-state index in [1.807, 2.05) is 11.8 Å². The highest BCUT2D eigenvalue weighted by molar-refractivity contribution is 5.88. The Bertz CT molecular complexity index is 320. The molecule has 124 valence electrons. The molecule has 2 atom stereocenters. The van der Waals surface area contributed by atoms with E-state index < -0.39 is 0 Å². The third kappa shape index (κ3) is 5.26. The monoisotopic (exact) mass is 298 g/mol. The second kappa shape index (κ2) is 8.74. The number of amides is 1. The SMILES string of the molecule is CCCCOCCCN1C(=O)C(C)(CC)NC1CC(C)C. The van der Waals surface area contributed by atoms with E-state index in [1.165, 1.54) is 6.42 Å². The summed E-state index contributed by atoms with van der Waals surface area (Å²) in [6.45, 7) is 13.1. The van der Waals surface area contributed by atoms with Gasteiger partial charge in [-0.1, -0.05) is 34.1 Å². The highest BCUT2D eigenvalue weighted by atomic mass is 16.5. The highest BCUT2D eigenvalue weighted by Gasteiger charge is 2.46. The molecule has 1 rings (SSSR count). The molecule has 0 aromatic rings. The molecule has 2 unspecified atom stereocenters. The molecular formula is C17H34N2O2. The zero-order valence-electron chi connectivity index (χ0n) is 14.6. The summed E-state index contributed by atoms with van der Waals surface area (Å²) < 4.78 is 5.61. The molecule has 4 nitrogen and oxygen atoms in total. The van der Waals surface area contributed by atoms with E-state index in [-0.39, 0.29) is 17.6 Å². The molecule has 0 saturated carbocycles. The van der Waals surface area contributed by atoms with Crippen LogP contribution in [-0.4, -0.2) is 42.3 Å². The smallest absolute Gasteiger partial charge is 0.243 e. The zero-order chi connectivity index (χ0) is 15.9. The number of hydrogen-bond donors (Lipinski definition) is 1. The molecule has 0 aliphatic carbocycles. The van der Waals surface area contributed by atoms with Gasteiger partial charge in [0.1, 0.15) is 0 Å². The van der Waals surface area contributed by atoms with Gasteiger partial charge in [-0.25, -0.2) is 0 Å². The number of carbonyl (C=O) groups excluding carboxylic acids is 1. The quantitative estimate of drug-likeness (QED) is 0.630. The van der Waals surface area contributed by atoms with Gasteiger partial charge >= 0.3 is 0 Å². The van der Waals surface area contributed by atoms with Gasteiger partial charge in [-0.15, -0.1) is 0 Å². The number of carbonyl (C=O) groups is 1. The molecule has 4 heteroatoms. The fourth-order valence-electron chi connectivity index (χ4n) is 2.79. The molecule has 0 aromatic carbocycles. The highest BCUT2D eigenvalue weighted by Crippen LogP contribution is 2.26. The average molecular weight is 298 g/mol. The van der Waals surface area contributed by atoms with Crippen molar-refractivity contribution in [1.29, 1.82) is 0 Å². The molecular weight excluding hydrogens is 264 g/mol. The Morgan fingerprint density at radius 2 is 1.95 bits per heavy atom. The van der Waals surface area contributed by atoms with Crippen LogP contribution in [0.2, 0.25) is 0 Å². The van der Waals surface area contributed by atoms with Crippen LogP contribution >= 0.6 is 0 Å². The third-order valence-corrected chi connectivity index (χ3v) is 4.33. The summed E-state index contributed by atoms with van der Waals surface area (Å²) in [5.41, 5.74) is -0.386. The van der Waals surface area contributed by atoms with Crippen molar-refractivity contribution < 1.29 is 9.53 Å². The lowest BCUT2D eigenvalue weighted by Crippen LogP contribution is -2.44. The maximum Gasteiger partial charge on any atom is 0.243 e. The Kier molecular flexibility index (Phi) is 7.67. The largest absolute Gasteiger partial charge is 0.381 e. The topological polar surface area (TPSA) is 41.6 Å². The van der Waals surface area contributed by atoms with Gasteiger partial charge in [0, 0.05) is 19.8 Å². The van der Waals surface area contributed by atoms with E-state index in [1.54, 1.807) is 0 Å². The average Bonchev–Trinajstić information content (AvgIpc) is 2.66. The maximum absolute atomic E-state index is 12.6. The van der Waals surface area contributed by atoms with Crippen LogP contribution in [0.4, 0.5) is 0 Å². The minimum absolute atomic E-state index is 0.179. The van der Waals surface area contributed by atoms with Crippen molar-refractivity contribution >= 4 is 5.91 Å². The van der Waals surface area contributed by atoms with Gasteiger partial charge in [-0.05, 0) is 38.5 Å². The first-order valence-corrected chi connectivity index (χ1v) is 8.61. The number of rotatable bonds is 10. The summed E-state index contributed by atoms with van der Waals surface area (Å²) >= 11 is 0. The summed E-state index contributed by atoms with van der Waals surface area (Å²) in [6.07, 6.45) is 5.24. The Hall–Kier alpha value is -0.610. The molecule has 1 saturated heterocycles. The lowest BCUT2D eigenvalue weighted by Gasteiger charge is -2.25. The lowest BCUT2D eigenvalue weighted by atomic mass is 9.99. The first-order valence-electron chi connectivity index (χ1n) is 8.61. The Balaban J connectivity index is 2.48. The Morgan fingerprint density at radius 3 is 2.52 bits per heavy atom. The van der Waals surface area contributed by atoms with E-state index in [9.17, 15) is 4.79 Å². The van der Waals surface area contributed by atoms with E-state index >= 15 is 0 Å². The number of hydrogen-bond acceptors (Lipinski definition) is 3. The fourth-order valence-corrected chi connectivity index (χ4v) is 2.79. The second-order valence-electron chi connectivity index (χ2n) is 6.79. The van der Waals surface area contributed by atoms with Gasteiger partial charge in [-0.3, -0.25) is 10.1 Å². The zero-order valence-corrected chi connectivity index (χ0v) is 14.6. The Morgan fingerprint density at radius 1 is 1.29 bits per heavy atom. The summed E-state index contributed by atoms with van der Waals surface area (Å²) in [4.78, 5) is 14.7. The molecule has 21 heavy (non-hydrogen) atoms. The van der Waals surface area contributed by atoms with Crippen molar-refractivity contribution in [3.8, 4) is 0 Å². The predicted molar refractivity (Wildman–Crippen MR) is 87.1 cm³/mol. The van der Waals surface area contributed by atoms with E-state index in [0.29, 0.717) is 5.92 Å². The molecule has 1 aliphatic heterocycles. The first kappa shape index (κ1) is 18.4. The van der Waals surface area contributed by atoms with Crippen molar-refractivity contribution in [3.63, 3.8) is 0 Å². The minimum atomic E-state index is -0.386. The van der Waals surface area contributed by atoms with Crippen LogP contribution in [0.25, 0.3) is 0 Å². The van der Waals surface area contributed by atoms with Crippen LogP contribution in [0.1, 0.15) is 66.7 Å². The van der Waals surface area contributed by atoms with Gasteiger partial charge in [-0.2, -0.15) is 0 Å². The van der Waals surface area contributed by atoms with Crippen LogP contribution in [0, 0.1) is 5.92 Å². The molecule has 1 heterocycles. The maximum atomic E-state index is 12.6. The van der Waals surface area contributed by atoms with Gasteiger partial charge in [0.05, 0.1) is 11.7 Å². The summed E-state index contributed by atoms with van der Waals surface area (Å²) in [7, 11) is 0. The van der Waals surface area contributed by atoms with Crippen molar-refractivity contribution in [3.05, 3.63) is 0 Å². The van der Waals surface area contributed by atoms with Crippen LogP contribution in [-0.2, 0) is 9.53 Å². The molecule has 1 aliphatic rings. The number of nitrogens with zero attached hydrogens (tertiary/aromatic N) is 1. The van der Waals surface area contributed by atoms with Crippen LogP contribution < -0.4 is 5.32 Å². The summed E-state index contributed by atoms with van der Waals surface area (Å²) in [6, 6.07) is 0. The third-order valence-electron chi connectivity index (χ3n) is 4.33. The molecule has 1 fully saturated rings. The fraction of sp³-hybridized carbons (Fsp3) is 0.941. The molecule has 1 N–H and O–H groups in total. The van der Waals surface area contributed by atoms with E-state index in [4.69, 9.17) is 4.74 Å². The van der Waals surface area contributed by atoms with E-state index in [0.717, 1.165) is 45.4 Å². The summed E-state index contributed by atoms with van der Waals surface area (Å²) in [5, 5.41) is 3.54. The minimum Gasteiger partial charge on any atom is -0.381 e. The number of ether oxygens (including phenoxy) is 1. The Labute approximate surface area is 130 Å². The molecule has 0 radical (unpaired) electrons. The van der Waals surface area contributed by atoms with Crippen molar-refractivity contribution in [2.75, 3.05) is 19.8 Å². The van der Waals surface area contributed by atoms with Crippen LogP contribution in [0.5, 0.6) is 0 Å². The van der Waals surface area contributed by atoms with Gasteiger partial charge in [0.25, 0.3) is 0 Å². The predicted octanol–water partition coefficient (Wildman–Crippen LogP) is 3.17. The molecule has 1 amide bonds. The van der Waals surface area contributed by atoms with Gasteiger partial charge < -0.3 is 9.64 Å². The normalized spacial score (nSPS) is 26.1. The molecule has 0 bridgehead atoms. The second-order valence-corrected chi connectivity index (χ2v) is 6.79. The van der Waals surface area contributed by atoms with Crippen LogP contribution in [0.3, 0.4) is 0 Å². The van der Waals surface area contributed by atoms with Gasteiger partial charge in [0.15, 0.2) is 0 Å². The van der Waals surface area contributed by atoms with Crippen molar-refractivity contribution in [2.24, 2.45) is 5.92 Å². The van der Waals surface area contributed by atoms with Crippen molar-refractivity contribution in [1.82, 2.24) is 10.2 Å². The van der Waals surface area contributed by atoms with Crippen LogP contribution in [0.15, 0.2) is 0 Å². The van der Waals surface area contributed by atoms with Gasteiger partial charge in [0.2, 0.25) is 5.91 Å². The molecule has 0 spiro atoms. The standard InChI is InChI=1S/C17H34N2O2/c1-6-8-11-21-12-9-10-19-15(13-14(3)4)18-17(5,7-2)16(19)20/h14-15,18H,6-13H2,1-5H3. The number of nitrogens with one attached hydrogen (secondary N) is 1. The van der Waals surface area contributed by atoms with Crippen molar-refractivity contribution in [2.45, 2.75) is 78.4 Å². The molecule has 0 aromatic heterocycles. The lowest BCUT2D eigenvalue weighted by molar-refractivity contribution is -0.133.